The van der Waals surface area contributed by atoms with Crippen molar-refractivity contribution >= 4 is 27.3 Å². The first-order valence-electron chi connectivity index (χ1n) is 9.57. The molecule has 0 spiro atoms. The SMILES string of the molecule is COc1cc(NS(=O)(=O)c2cc(C(=O)Nc3cccc(C)c3)ccc2OC)cc(OC)c1. The minimum Gasteiger partial charge on any atom is -0.497 e. The van der Waals surface area contributed by atoms with Gasteiger partial charge in [-0.25, -0.2) is 8.42 Å². The Morgan fingerprint density at radius 2 is 1.50 bits per heavy atom. The third-order valence-electron chi connectivity index (χ3n) is 4.59. The van der Waals surface area contributed by atoms with E-state index in [0.29, 0.717) is 17.2 Å². The monoisotopic (exact) mass is 456 g/mol. The Kier molecular flexibility index (Phi) is 6.89. The van der Waals surface area contributed by atoms with Gasteiger partial charge in [-0.05, 0) is 42.8 Å². The summed E-state index contributed by atoms with van der Waals surface area (Å²) in [6.07, 6.45) is 0. The maximum Gasteiger partial charge on any atom is 0.265 e. The van der Waals surface area contributed by atoms with Gasteiger partial charge in [0, 0.05) is 29.4 Å². The minimum atomic E-state index is -4.11. The average Bonchev–Trinajstić information content (AvgIpc) is 2.78. The third-order valence-corrected chi connectivity index (χ3v) is 6.00. The Bertz CT molecular complexity index is 1220. The van der Waals surface area contributed by atoms with Crippen LogP contribution in [-0.2, 0) is 10.0 Å². The summed E-state index contributed by atoms with van der Waals surface area (Å²) in [7, 11) is 0.178. The van der Waals surface area contributed by atoms with E-state index in [1.807, 2.05) is 25.1 Å². The molecule has 3 aromatic carbocycles. The third kappa shape index (κ3) is 5.30. The molecule has 0 atom stereocenters. The van der Waals surface area contributed by atoms with Crippen LogP contribution >= 0.6 is 0 Å². The molecule has 3 rings (SSSR count). The molecule has 1 amide bonds. The lowest BCUT2D eigenvalue weighted by Crippen LogP contribution is -2.17. The fourth-order valence-electron chi connectivity index (χ4n) is 3.03. The summed E-state index contributed by atoms with van der Waals surface area (Å²) < 4.78 is 44.4. The van der Waals surface area contributed by atoms with E-state index >= 15 is 0 Å². The summed E-state index contributed by atoms with van der Waals surface area (Å²) in [4.78, 5) is 12.5. The fourth-order valence-corrected chi connectivity index (χ4v) is 4.27. The number of hydrogen-bond donors (Lipinski definition) is 2. The topological polar surface area (TPSA) is 103 Å². The number of carbonyl (C=O) groups excluding carboxylic acids is 1. The van der Waals surface area contributed by atoms with Gasteiger partial charge in [-0.2, -0.15) is 0 Å². The fraction of sp³-hybridized carbons (Fsp3) is 0.174. The first kappa shape index (κ1) is 23.0. The van der Waals surface area contributed by atoms with Crippen molar-refractivity contribution in [1.82, 2.24) is 0 Å². The smallest absolute Gasteiger partial charge is 0.265 e. The number of nitrogens with one attached hydrogen (secondary N) is 2. The van der Waals surface area contributed by atoms with Crippen LogP contribution in [0.3, 0.4) is 0 Å². The Morgan fingerprint density at radius 3 is 2.09 bits per heavy atom. The largest absolute Gasteiger partial charge is 0.497 e. The average molecular weight is 457 g/mol. The van der Waals surface area contributed by atoms with Crippen LogP contribution in [0.15, 0.2) is 65.6 Å². The Morgan fingerprint density at radius 1 is 0.812 bits per heavy atom. The highest BCUT2D eigenvalue weighted by atomic mass is 32.2. The molecule has 0 fully saturated rings. The molecule has 8 nitrogen and oxygen atoms in total. The van der Waals surface area contributed by atoms with Crippen molar-refractivity contribution in [1.29, 1.82) is 0 Å². The van der Waals surface area contributed by atoms with Gasteiger partial charge in [0.2, 0.25) is 0 Å². The van der Waals surface area contributed by atoms with Gasteiger partial charge in [0.25, 0.3) is 15.9 Å². The molecule has 0 aliphatic carbocycles. The molecule has 3 aromatic rings. The number of rotatable bonds is 8. The van der Waals surface area contributed by atoms with Crippen molar-refractivity contribution < 1.29 is 27.4 Å². The van der Waals surface area contributed by atoms with E-state index in [4.69, 9.17) is 14.2 Å². The Labute approximate surface area is 187 Å². The molecular formula is C23H24N2O6S. The molecule has 0 aliphatic rings. The second-order valence-corrected chi connectivity index (χ2v) is 8.55. The standard InChI is InChI=1S/C23H24N2O6S/c1-15-6-5-7-17(10-15)24-23(26)16-8-9-21(31-4)22(11-16)32(27,28)25-18-12-19(29-2)14-20(13-18)30-3/h5-14,25H,1-4H3,(H,24,26). The summed E-state index contributed by atoms with van der Waals surface area (Å²) in [5.74, 6) is 0.484. The predicted molar refractivity (Wildman–Crippen MR) is 122 cm³/mol. The lowest BCUT2D eigenvalue weighted by Gasteiger charge is -2.14. The molecule has 168 valence electrons. The maximum atomic E-state index is 13.2. The van der Waals surface area contributed by atoms with Gasteiger partial charge in [-0.15, -0.1) is 0 Å². The van der Waals surface area contributed by atoms with Crippen LogP contribution in [-0.4, -0.2) is 35.7 Å². The molecule has 9 heteroatoms. The van der Waals surface area contributed by atoms with Crippen LogP contribution < -0.4 is 24.2 Å². The highest BCUT2D eigenvalue weighted by Gasteiger charge is 2.23. The number of amides is 1. The quantitative estimate of drug-likeness (QED) is 0.530. The van der Waals surface area contributed by atoms with E-state index in [0.717, 1.165) is 5.56 Å². The van der Waals surface area contributed by atoms with E-state index in [1.54, 1.807) is 12.1 Å². The number of benzene rings is 3. The van der Waals surface area contributed by atoms with Crippen molar-refractivity contribution in [3.8, 4) is 17.2 Å². The van der Waals surface area contributed by atoms with Gasteiger partial charge >= 0.3 is 0 Å². The summed E-state index contributed by atoms with van der Waals surface area (Å²) in [6, 6.07) is 16.2. The first-order chi connectivity index (χ1) is 15.2. The van der Waals surface area contributed by atoms with Crippen molar-refractivity contribution in [2.24, 2.45) is 0 Å². The number of sulfonamides is 1. The number of methoxy groups -OCH3 is 3. The highest BCUT2D eigenvalue weighted by Crippen LogP contribution is 2.31. The lowest BCUT2D eigenvalue weighted by molar-refractivity contribution is 0.102. The molecule has 32 heavy (non-hydrogen) atoms. The second-order valence-electron chi connectivity index (χ2n) is 6.90. The molecule has 0 unspecified atom stereocenters. The molecular weight excluding hydrogens is 432 g/mol. The molecule has 2 N–H and O–H groups in total. The number of carbonyl (C=O) groups is 1. The van der Waals surface area contributed by atoms with E-state index < -0.39 is 15.9 Å². The molecule has 0 bridgehead atoms. The normalized spacial score (nSPS) is 10.9. The predicted octanol–water partition coefficient (Wildman–Crippen LogP) is 4.07. The lowest BCUT2D eigenvalue weighted by atomic mass is 10.2. The Hall–Kier alpha value is -3.72. The summed E-state index contributed by atoms with van der Waals surface area (Å²) in [6.45, 7) is 1.91. The summed E-state index contributed by atoms with van der Waals surface area (Å²) >= 11 is 0. The highest BCUT2D eigenvalue weighted by molar-refractivity contribution is 7.92. The van der Waals surface area contributed by atoms with Crippen molar-refractivity contribution in [2.45, 2.75) is 11.8 Å². The zero-order valence-electron chi connectivity index (χ0n) is 18.1. The summed E-state index contributed by atoms with van der Waals surface area (Å²) in [5.41, 5.74) is 1.99. The summed E-state index contributed by atoms with van der Waals surface area (Å²) in [5, 5.41) is 2.77. The molecule has 0 aliphatic heterocycles. The van der Waals surface area contributed by atoms with Crippen molar-refractivity contribution in [3.63, 3.8) is 0 Å². The Balaban J connectivity index is 1.94. The number of ether oxygens (including phenoxy) is 3. The van der Waals surface area contributed by atoms with Gasteiger partial charge in [-0.1, -0.05) is 12.1 Å². The van der Waals surface area contributed by atoms with Crippen LogP contribution in [0.5, 0.6) is 17.2 Å². The number of hydrogen-bond acceptors (Lipinski definition) is 6. The van der Waals surface area contributed by atoms with Gasteiger partial charge in [0.15, 0.2) is 0 Å². The van der Waals surface area contributed by atoms with Gasteiger partial charge < -0.3 is 19.5 Å². The van der Waals surface area contributed by atoms with Gasteiger partial charge in [0.1, 0.15) is 22.1 Å². The first-order valence-corrected chi connectivity index (χ1v) is 11.1. The molecule has 0 saturated heterocycles. The van der Waals surface area contributed by atoms with Crippen LogP contribution in [0.25, 0.3) is 0 Å². The molecule has 0 radical (unpaired) electrons. The second kappa shape index (κ2) is 9.61. The number of anilines is 2. The van der Waals surface area contributed by atoms with Crippen molar-refractivity contribution in [3.05, 3.63) is 71.8 Å². The van der Waals surface area contributed by atoms with E-state index in [9.17, 15) is 13.2 Å². The van der Waals surface area contributed by atoms with Crippen molar-refractivity contribution in [2.75, 3.05) is 31.4 Å². The minimum absolute atomic E-state index is 0.0967. The van der Waals surface area contributed by atoms with Crippen LogP contribution in [0.2, 0.25) is 0 Å². The maximum absolute atomic E-state index is 13.2. The molecule has 0 aromatic heterocycles. The number of aryl methyl sites for hydroxylation is 1. The zero-order chi connectivity index (χ0) is 23.3. The van der Waals surface area contributed by atoms with Crippen LogP contribution in [0, 0.1) is 6.92 Å². The zero-order valence-corrected chi connectivity index (χ0v) is 18.9. The van der Waals surface area contributed by atoms with Gasteiger partial charge in [-0.3, -0.25) is 9.52 Å². The van der Waals surface area contributed by atoms with E-state index in [1.165, 1.54) is 51.7 Å². The van der Waals surface area contributed by atoms with Crippen LogP contribution in [0.4, 0.5) is 11.4 Å². The molecule has 0 saturated carbocycles. The molecule has 0 heterocycles. The van der Waals surface area contributed by atoms with Gasteiger partial charge in [0.05, 0.1) is 27.0 Å². The van der Waals surface area contributed by atoms with E-state index in [-0.39, 0.29) is 21.9 Å². The van der Waals surface area contributed by atoms with E-state index in [2.05, 4.69) is 10.0 Å². The van der Waals surface area contributed by atoms with Crippen LogP contribution in [0.1, 0.15) is 15.9 Å².